The molecule has 0 aliphatic rings. The second-order valence-corrected chi connectivity index (χ2v) is 2.47. The zero-order chi connectivity index (χ0) is 10.4. The van der Waals surface area contributed by atoms with Crippen molar-refractivity contribution in [3.05, 3.63) is 42.8 Å². The highest BCUT2D eigenvalue weighted by molar-refractivity contribution is 5.96. The lowest BCUT2D eigenvalue weighted by molar-refractivity contribution is 0.0624. The molecule has 0 bridgehead atoms. The number of rotatable bonds is 2. The average molecular weight is 192 g/mol. The first-order valence-electron chi connectivity index (χ1n) is 4.08. The van der Waals surface area contributed by atoms with E-state index in [1.54, 1.807) is 30.3 Å². The van der Waals surface area contributed by atoms with Crippen molar-refractivity contribution in [2.75, 3.05) is 6.54 Å². The summed E-state index contributed by atoms with van der Waals surface area (Å²) in [5.41, 5.74) is 0.340. The van der Waals surface area contributed by atoms with Gasteiger partial charge in [0.1, 0.15) is 0 Å². The van der Waals surface area contributed by atoms with Crippen LogP contribution < -0.4 is 5.32 Å². The molecule has 73 valence electrons. The second-order valence-electron chi connectivity index (χ2n) is 2.47. The second kappa shape index (κ2) is 5.01. The summed E-state index contributed by atoms with van der Waals surface area (Å²) < 4.78 is 4.45. The van der Waals surface area contributed by atoms with Crippen LogP contribution in [0, 0.1) is 6.92 Å². The van der Waals surface area contributed by atoms with E-state index in [1.165, 1.54) is 0 Å². The van der Waals surface area contributed by atoms with Crippen LogP contribution in [0.5, 0.6) is 0 Å². The van der Waals surface area contributed by atoms with Gasteiger partial charge in [0, 0.05) is 6.54 Å². The minimum atomic E-state index is -0.783. The van der Waals surface area contributed by atoms with Crippen molar-refractivity contribution in [3.8, 4) is 0 Å². The number of nitrogens with one attached hydrogen (secondary N) is 1. The highest BCUT2D eigenvalue weighted by Crippen LogP contribution is 2.00. The van der Waals surface area contributed by atoms with E-state index in [0.717, 1.165) is 0 Å². The van der Waals surface area contributed by atoms with Gasteiger partial charge in [-0.2, -0.15) is 0 Å². The summed E-state index contributed by atoms with van der Waals surface area (Å²) >= 11 is 0. The zero-order valence-electron chi connectivity index (χ0n) is 7.53. The van der Waals surface area contributed by atoms with E-state index in [0.29, 0.717) is 5.56 Å². The van der Waals surface area contributed by atoms with Gasteiger partial charge in [-0.1, -0.05) is 18.2 Å². The van der Waals surface area contributed by atoms with Crippen molar-refractivity contribution in [2.24, 2.45) is 0 Å². The van der Waals surface area contributed by atoms with Crippen LogP contribution in [0.2, 0.25) is 0 Å². The number of carbonyl (C=O) groups excluding carboxylic acids is 2. The molecule has 1 amide bonds. The number of ether oxygens (including phenoxy) is 1. The van der Waals surface area contributed by atoms with Gasteiger partial charge < -0.3 is 10.1 Å². The summed E-state index contributed by atoms with van der Waals surface area (Å²) in [6, 6.07) is 8.29. The van der Waals surface area contributed by atoms with Gasteiger partial charge in [-0.25, -0.2) is 9.59 Å². The van der Waals surface area contributed by atoms with Gasteiger partial charge in [-0.05, 0) is 19.1 Å². The van der Waals surface area contributed by atoms with E-state index >= 15 is 0 Å². The summed E-state index contributed by atoms with van der Waals surface area (Å²) in [6.07, 6.45) is -0.783. The van der Waals surface area contributed by atoms with Crippen LogP contribution in [-0.2, 0) is 4.74 Å². The van der Waals surface area contributed by atoms with Crippen LogP contribution in [0.15, 0.2) is 30.3 Å². The monoisotopic (exact) mass is 192 g/mol. The molecule has 0 spiro atoms. The quantitative estimate of drug-likeness (QED) is 0.569. The lowest BCUT2D eigenvalue weighted by atomic mass is 10.2. The molecule has 0 fully saturated rings. The minimum absolute atomic E-state index is 0.181. The Labute approximate surface area is 81.9 Å². The van der Waals surface area contributed by atoms with Gasteiger partial charge in [-0.15, -0.1) is 0 Å². The summed E-state index contributed by atoms with van der Waals surface area (Å²) in [6.45, 7) is 3.56. The number of alkyl carbamates (subject to hydrolysis) is 1. The molecule has 1 radical (unpaired) electrons. The predicted molar refractivity (Wildman–Crippen MR) is 50.6 cm³/mol. The van der Waals surface area contributed by atoms with Crippen molar-refractivity contribution in [1.82, 2.24) is 5.32 Å². The molecule has 0 saturated heterocycles. The summed E-state index contributed by atoms with van der Waals surface area (Å²) in [5.74, 6) is -0.670. The lowest BCUT2D eigenvalue weighted by Crippen LogP contribution is -2.26. The Morgan fingerprint density at radius 2 is 1.93 bits per heavy atom. The third-order valence-corrected chi connectivity index (χ3v) is 1.46. The number of benzene rings is 1. The van der Waals surface area contributed by atoms with Crippen LogP contribution in [0.1, 0.15) is 10.4 Å². The van der Waals surface area contributed by atoms with Crippen LogP contribution in [0.3, 0.4) is 0 Å². The molecule has 4 heteroatoms. The smallest absolute Gasteiger partial charge is 0.373 e. The molecule has 1 aromatic carbocycles. The number of hydrogen-bond donors (Lipinski definition) is 1. The van der Waals surface area contributed by atoms with E-state index in [-0.39, 0.29) is 6.54 Å². The fourth-order valence-electron chi connectivity index (χ4n) is 0.856. The number of esters is 1. The van der Waals surface area contributed by atoms with Crippen molar-refractivity contribution in [2.45, 2.75) is 0 Å². The highest BCUT2D eigenvalue weighted by atomic mass is 16.6. The van der Waals surface area contributed by atoms with Crippen molar-refractivity contribution >= 4 is 12.1 Å². The number of carbonyl (C=O) groups is 2. The van der Waals surface area contributed by atoms with Gasteiger partial charge >= 0.3 is 12.1 Å². The van der Waals surface area contributed by atoms with Crippen molar-refractivity contribution in [3.63, 3.8) is 0 Å². The van der Waals surface area contributed by atoms with Crippen molar-refractivity contribution in [1.29, 1.82) is 0 Å². The summed E-state index contributed by atoms with van der Waals surface area (Å²) in [7, 11) is 0. The van der Waals surface area contributed by atoms with Gasteiger partial charge in [-0.3, -0.25) is 0 Å². The highest BCUT2D eigenvalue weighted by Gasteiger charge is 2.10. The third-order valence-electron chi connectivity index (χ3n) is 1.46. The first kappa shape index (κ1) is 10.2. The van der Waals surface area contributed by atoms with Crippen LogP contribution >= 0.6 is 0 Å². The topological polar surface area (TPSA) is 55.4 Å². The fourth-order valence-corrected chi connectivity index (χ4v) is 0.856. The van der Waals surface area contributed by atoms with Crippen LogP contribution in [0.4, 0.5) is 4.79 Å². The molecule has 1 rings (SSSR count). The first-order chi connectivity index (χ1) is 6.74. The molecule has 1 aromatic rings. The minimum Gasteiger partial charge on any atom is -0.373 e. The molecule has 0 saturated carbocycles. The van der Waals surface area contributed by atoms with Gasteiger partial charge in [0.2, 0.25) is 0 Å². The maximum atomic E-state index is 11.2. The molecular formula is C10H10NO3. The van der Waals surface area contributed by atoms with E-state index in [1.807, 2.05) is 0 Å². The Bertz CT molecular complexity index is 321. The largest absolute Gasteiger partial charge is 0.415 e. The summed E-state index contributed by atoms with van der Waals surface area (Å²) in [4.78, 5) is 22.1. The fraction of sp³-hybridized carbons (Fsp3) is 0.100. The van der Waals surface area contributed by atoms with E-state index in [4.69, 9.17) is 0 Å². The maximum Gasteiger partial charge on any atom is 0.415 e. The number of amides is 1. The van der Waals surface area contributed by atoms with Crippen LogP contribution in [0.25, 0.3) is 0 Å². The Kier molecular flexibility index (Phi) is 3.67. The van der Waals surface area contributed by atoms with E-state index in [2.05, 4.69) is 17.0 Å². The maximum absolute atomic E-state index is 11.2. The van der Waals surface area contributed by atoms with Gasteiger partial charge in [0.25, 0.3) is 0 Å². The molecule has 0 atom stereocenters. The molecule has 0 aliphatic heterocycles. The van der Waals surface area contributed by atoms with E-state index < -0.39 is 12.1 Å². The molecular weight excluding hydrogens is 182 g/mol. The molecule has 0 unspecified atom stereocenters. The Morgan fingerprint density at radius 3 is 2.50 bits per heavy atom. The Balaban J connectivity index is 2.55. The zero-order valence-corrected chi connectivity index (χ0v) is 7.53. The third kappa shape index (κ3) is 2.90. The SMILES string of the molecule is [CH2]CNC(=O)OC(=O)c1ccccc1. The molecule has 4 nitrogen and oxygen atoms in total. The average Bonchev–Trinajstić information content (AvgIpc) is 2.19. The van der Waals surface area contributed by atoms with Crippen LogP contribution in [-0.4, -0.2) is 18.6 Å². The molecule has 0 aromatic heterocycles. The molecule has 0 heterocycles. The summed E-state index contributed by atoms with van der Waals surface area (Å²) in [5, 5.41) is 2.25. The molecule has 1 N–H and O–H groups in total. The molecule has 0 aliphatic carbocycles. The standard InChI is InChI=1S/C10H10NO3/c1-2-11-10(13)14-9(12)8-6-4-3-5-7-8/h3-7H,1-2H2,(H,11,13). The van der Waals surface area contributed by atoms with Gasteiger partial charge in [0.15, 0.2) is 0 Å². The Morgan fingerprint density at radius 1 is 1.29 bits per heavy atom. The van der Waals surface area contributed by atoms with Crippen molar-refractivity contribution < 1.29 is 14.3 Å². The Hall–Kier alpha value is -1.84. The normalized spacial score (nSPS) is 9.21. The number of hydrogen-bond acceptors (Lipinski definition) is 3. The van der Waals surface area contributed by atoms with Gasteiger partial charge in [0.05, 0.1) is 5.56 Å². The first-order valence-corrected chi connectivity index (χ1v) is 4.08. The predicted octanol–water partition coefficient (Wildman–Crippen LogP) is 1.39. The lowest BCUT2D eigenvalue weighted by Gasteiger charge is -2.02. The van der Waals surface area contributed by atoms with E-state index in [9.17, 15) is 9.59 Å². The molecule has 14 heavy (non-hydrogen) atoms.